The van der Waals surface area contributed by atoms with Gasteiger partial charge in [0.25, 0.3) is 0 Å². The number of anilines is 1. The number of imidazole rings is 1. The Hall–Kier alpha value is -2.76. The lowest BCUT2D eigenvalue weighted by molar-refractivity contribution is -0.131. The average molecular weight is 529 g/mol. The van der Waals surface area contributed by atoms with Crippen LogP contribution in [0.2, 0.25) is 0 Å². The number of H-pyrrole nitrogens is 1. The van der Waals surface area contributed by atoms with E-state index in [4.69, 9.17) is 0 Å². The number of benzene rings is 2. The molecule has 2 aliphatic rings. The van der Waals surface area contributed by atoms with Crippen LogP contribution in [0.15, 0.2) is 55.1 Å². The van der Waals surface area contributed by atoms with Crippen LogP contribution in [0.3, 0.4) is 0 Å². The van der Waals surface area contributed by atoms with Crippen LogP contribution in [0.25, 0.3) is 22.2 Å². The number of hydrogen-bond donors (Lipinski definition) is 1. The van der Waals surface area contributed by atoms with Crippen LogP contribution in [0.4, 0.5) is 18.9 Å². The van der Waals surface area contributed by atoms with Gasteiger partial charge in [-0.2, -0.15) is 13.9 Å². The molecular weight excluding hydrogens is 505 g/mol. The number of amides is 1. The molecule has 2 fully saturated rings. The molecule has 0 spiro atoms. The molecule has 5 atom stereocenters. The fourth-order valence-corrected chi connectivity index (χ4v) is 5.56. The monoisotopic (exact) mass is 529 g/mol. The van der Waals surface area contributed by atoms with Crippen molar-refractivity contribution in [2.75, 3.05) is 4.90 Å². The lowest BCUT2D eigenvalue weighted by Gasteiger charge is -2.49. The molecule has 1 aliphatic heterocycles. The van der Waals surface area contributed by atoms with Gasteiger partial charge in [0, 0.05) is 17.4 Å². The van der Waals surface area contributed by atoms with Gasteiger partial charge in [-0.05, 0) is 75.9 Å². The van der Waals surface area contributed by atoms with Crippen LogP contribution in [0.1, 0.15) is 36.9 Å². The summed E-state index contributed by atoms with van der Waals surface area (Å²) in [5.41, 5.74) is 4.46. The minimum atomic E-state index is -3.23. The van der Waals surface area contributed by atoms with E-state index in [1.165, 1.54) is 28.6 Å². The Bertz CT molecular complexity index is 1480. The zero-order valence-electron chi connectivity index (χ0n) is 19.3. The summed E-state index contributed by atoms with van der Waals surface area (Å²) in [5, 5.41) is 1.94. The average Bonchev–Trinajstić information content (AvgIpc) is 3.30. The first-order valence-corrected chi connectivity index (χ1v) is 12.8. The summed E-state index contributed by atoms with van der Waals surface area (Å²) in [6.45, 7) is 1.44. The molecule has 0 bridgehead atoms. The van der Waals surface area contributed by atoms with Gasteiger partial charge in [0.1, 0.15) is 5.41 Å². The number of carbonyl (C=O) groups is 1. The van der Waals surface area contributed by atoms with Gasteiger partial charge in [0.2, 0.25) is 5.91 Å². The van der Waals surface area contributed by atoms with Crippen LogP contribution < -0.4 is 4.90 Å². The standard InChI is InChI=1S/C25H24F3N5OP2/c1-24(26,35)18-8-14(15-10-31-32(11-15)25(27,28)36)4-6-17(18)22-21(13-2-3-13)23(34)33(22)16-5-7-19-20(9-16)30-12-29-19/h4-13,21-22H,2-3,35-36H2,1H3,(H,29,30)/t21?,22-,24?/m1/s1. The van der Waals surface area contributed by atoms with Gasteiger partial charge < -0.3 is 9.88 Å². The number of aromatic amines is 1. The van der Waals surface area contributed by atoms with E-state index < -0.39 is 11.2 Å². The van der Waals surface area contributed by atoms with E-state index >= 15 is 4.39 Å². The number of β-lactam (4-membered cyclic amide) rings is 1. The minimum Gasteiger partial charge on any atom is -0.345 e. The predicted molar refractivity (Wildman–Crippen MR) is 138 cm³/mol. The Morgan fingerprint density at radius 2 is 1.86 bits per heavy atom. The second-order valence-electron chi connectivity index (χ2n) is 9.76. The van der Waals surface area contributed by atoms with Crippen molar-refractivity contribution >= 4 is 41.1 Å². The Labute approximate surface area is 210 Å². The van der Waals surface area contributed by atoms with E-state index in [0.29, 0.717) is 26.9 Å². The lowest BCUT2D eigenvalue weighted by Crippen LogP contribution is -2.56. The quantitative estimate of drug-likeness (QED) is 0.248. The Kier molecular flexibility index (Phi) is 5.33. The number of halogens is 3. The molecule has 3 heterocycles. The van der Waals surface area contributed by atoms with E-state index in [1.54, 1.807) is 23.4 Å². The molecular formula is C25H24F3N5OP2. The first-order valence-electron chi connectivity index (χ1n) is 11.6. The highest BCUT2D eigenvalue weighted by Crippen LogP contribution is 2.56. The predicted octanol–water partition coefficient (Wildman–Crippen LogP) is 5.94. The van der Waals surface area contributed by atoms with Crippen molar-refractivity contribution in [1.29, 1.82) is 0 Å². The molecule has 4 unspecified atom stereocenters. The number of aromatic nitrogens is 4. The number of carbonyl (C=O) groups excluding carboxylic acids is 1. The summed E-state index contributed by atoms with van der Waals surface area (Å²) in [6, 6.07) is 10.5. The van der Waals surface area contributed by atoms with Crippen molar-refractivity contribution < 1.29 is 18.0 Å². The van der Waals surface area contributed by atoms with E-state index in [2.05, 4.69) is 24.3 Å². The first-order chi connectivity index (χ1) is 17.0. The third-order valence-corrected chi connectivity index (χ3v) is 7.65. The van der Waals surface area contributed by atoms with Crippen molar-refractivity contribution in [3.05, 3.63) is 66.2 Å². The fraction of sp³-hybridized carbons (Fsp3) is 0.320. The Balaban J connectivity index is 1.45. The van der Waals surface area contributed by atoms with Gasteiger partial charge in [-0.25, -0.2) is 14.1 Å². The van der Waals surface area contributed by atoms with Crippen molar-refractivity contribution in [1.82, 2.24) is 19.7 Å². The van der Waals surface area contributed by atoms with Crippen molar-refractivity contribution in [2.45, 2.75) is 37.0 Å². The molecule has 4 aromatic rings. The molecule has 1 amide bonds. The topological polar surface area (TPSA) is 66.8 Å². The number of hydrogen-bond acceptors (Lipinski definition) is 3. The number of nitrogens with zero attached hydrogens (tertiary/aromatic N) is 4. The van der Waals surface area contributed by atoms with Crippen molar-refractivity contribution in [3.8, 4) is 11.1 Å². The molecule has 2 aromatic heterocycles. The Morgan fingerprint density at radius 1 is 1.08 bits per heavy atom. The Morgan fingerprint density at radius 3 is 2.53 bits per heavy atom. The highest BCUT2D eigenvalue weighted by Gasteiger charge is 2.56. The molecule has 1 N–H and O–H groups in total. The normalized spacial score (nSPS) is 22.1. The molecule has 1 saturated carbocycles. The molecule has 11 heteroatoms. The maximum Gasteiger partial charge on any atom is 0.354 e. The largest absolute Gasteiger partial charge is 0.354 e. The third kappa shape index (κ3) is 3.93. The van der Waals surface area contributed by atoms with Crippen LogP contribution in [0.5, 0.6) is 0 Å². The lowest BCUT2D eigenvalue weighted by atomic mass is 9.76. The van der Waals surface area contributed by atoms with Gasteiger partial charge in [0.15, 0.2) is 0 Å². The van der Waals surface area contributed by atoms with Gasteiger partial charge >= 0.3 is 5.79 Å². The summed E-state index contributed by atoms with van der Waals surface area (Å²) in [6.07, 6.45) is 6.12. The maximum absolute atomic E-state index is 15.6. The number of fused-ring (bicyclic) bond motifs is 1. The van der Waals surface area contributed by atoms with Crippen LogP contribution >= 0.6 is 18.5 Å². The molecule has 1 aliphatic carbocycles. The fourth-order valence-electron chi connectivity index (χ4n) is 5.17. The summed E-state index contributed by atoms with van der Waals surface area (Å²) in [7, 11) is 3.67. The van der Waals surface area contributed by atoms with E-state index in [-0.39, 0.29) is 23.8 Å². The molecule has 1 saturated heterocycles. The van der Waals surface area contributed by atoms with Crippen molar-refractivity contribution in [2.24, 2.45) is 11.8 Å². The molecule has 186 valence electrons. The molecule has 36 heavy (non-hydrogen) atoms. The highest BCUT2D eigenvalue weighted by molar-refractivity contribution is 7.18. The molecule has 6 nitrogen and oxygen atoms in total. The first kappa shape index (κ1) is 23.6. The van der Waals surface area contributed by atoms with Gasteiger partial charge in [-0.1, -0.05) is 21.4 Å². The van der Waals surface area contributed by atoms with E-state index in [9.17, 15) is 13.6 Å². The summed E-state index contributed by atoms with van der Waals surface area (Å²) in [5.74, 6) is -3.14. The molecule has 2 aromatic carbocycles. The minimum absolute atomic E-state index is 0.0321. The highest BCUT2D eigenvalue weighted by atomic mass is 31.0. The zero-order chi connectivity index (χ0) is 25.4. The number of rotatable bonds is 6. The number of alkyl halides is 3. The second kappa shape index (κ2) is 8.12. The number of nitrogens with one attached hydrogen (secondary N) is 1. The van der Waals surface area contributed by atoms with Crippen LogP contribution in [0, 0.1) is 11.8 Å². The SMILES string of the molecule is CC(F)(P)c1cc(-c2cnn(C(F)(F)P)c2)ccc1[C@@H]1C(C2CC2)C(=O)N1c1ccc2nc[nH]c2c1. The van der Waals surface area contributed by atoms with Crippen molar-refractivity contribution in [3.63, 3.8) is 0 Å². The second-order valence-corrected chi connectivity index (χ2v) is 11.5. The molecule has 0 radical (unpaired) electrons. The smallest absolute Gasteiger partial charge is 0.345 e. The van der Waals surface area contributed by atoms with E-state index in [1.807, 2.05) is 24.3 Å². The summed E-state index contributed by atoms with van der Waals surface area (Å²) in [4.78, 5) is 22.4. The molecule has 6 rings (SSSR count). The summed E-state index contributed by atoms with van der Waals surface area (Å²) >= 11 is 0. The summed E-state index contributed by atoms with van der Waals surface area (Å²) < 4.78 is 43.5. The van der Waals surface area contributed by atoms with Gasteiger partial charge in [-0.3, -0.25) is 4.79 Å². The van der Waals surface area contributed by atoms with Gasteiger partial charge in [0.05, 0.1) is 35.5 Å². The maximum atomic E-state index is 15.6. The van der Waals surface area contributed by atoms with Gasteiger partial charge in [-0.15, -0.1) is 0 Å². The zero-order valence-corrected chi connectivity index (χ0v) is 21.6. The third-order valence-electron chi connectivity index (χ3n) is 7.07. The van der Waals surface area contributed by atoms with E-state index in [0.717, 1.165) is 29.6 Å². The van der Waals surface area contributed by atoms with Crippen LogP contribution in [-0.2, 0) is 16.0 Å². The van der Waals surface area contributed by atoms with Crippen LogP contribution in [-0.4, -0.2) is 25.7 Å².